The first-order valence-corrected chi connectivity index (χ1v) is 5.88. The molecule has 0 saturated carbocycles. The predicted molar refractivity (Wildman–Crippen MR) is 66.0 cm³/mol. The quantitative estimate of drug-likeness (QED) is 0.709. The SMILES string of the molecule is ClC1CCN(c2cnnc3ccccc23)C1. The number of hydrogen-bond donors (Lipinski definition) is 0. The lowest BCUT2D eigenvalue weighted by molar-refractivity contribution is 0.954. The summed E-state index contributed by atoms with van der Waals surface area (Å²) in [6.07, 6.45) is 2.87. The Hall–Kier alpha value is -1.35. The van der Waals surface area contributed by atoms with Gasteiger partial charge in [0.1, 0.15) is 0 Å². The number of anilines is 1. The third kappa shape index (κ3) is 1.61. The van der Waals surface area contributed by atoms with Crippen LogP contribution in [0.5, 0.6) is 0 Å². The maximum atomic E-state index is 6.13. The van der Waals surface area contributed by atoms with Crippen LogP contribution in [0.2, 0.25) is 0 Å². The van der Waals surface area contributed by atoms with E-state index in [1.165, 1.54) is 0 Å². The molecule has 16 heavy (non-hydrogen) atoms. The predicted octanol–water partition coefficient (Wildman–Crippen LogP) is 2.45. The molecule has 0 N–H and O–H groups in total. The molecule has 0 bridgehead atoms. The van der Waals surface area contributed by atoms with Crippen LogP contribution in [-0.4, -0.2) is 28.7 Å². The number of halogens is 1. The number of alkyl halides is 1. The van der Waals surface area contributed by atoms with Crippen LogP contribution in [0.3, 0.4) is 0 Å². The molecule has 4 heteroatoms. The Morgan fingerprint density at radius 1 is 1.31 bits per heavy atom. The molecule has 3 rings (SSSR count). The van der Waals surface area contributed by atoms with Gasteiger partial charge in [-0.3, -0.25) is 0 Å². The fourth-order valence-corrected chi connectivity index (χ4v) is 2.45. The minimum atomic E-state index is 0.256. The van der Waals surface area contributed by atoms with Crippen LogP contribution in [0, 0.1) is 0 Å². The number of fused-ring (bicyclic) bond motifs is 1. The van der Waals surface area contributed by atoms with Crippen molar-refractivity contribution >= 4 is 28.2 Å². The van der Waals surface area contributed by atoms with Gasteiger partial charge in [0.2, 0.25) is 0 Å². The normalized spacial score (nSPS) is 20.6. The van der Waals surface area contributed by atoms with Crippen LogP contribution in [-0.2, 0) is 0 Å². The van der Waals surface area contributed by atoms with Crippen molar-refractivity contribution in [1.82, 2.24) is 10.2 Å². The Bertz CT molecular complexity index is 509. The van der Waals surface area contributed by atoms with E-state index in [2.05, 4.69) is 21.2 Å². The Labute approximate surface area is 99.0 Å². The summed E-state index contributed by atoms with van der Waals surface area (Å²) < 4.78 is 0. The van der Waals surface area contributed by atoms with E-state index in [0.717, 1.165) is 36.1 Å². The maximum Gasteiger partial charge on any atom is 0.0950 e. The molecule has 3 nitrogen and oxygen atoms in total. The topological polar surface area (TPSA) is 29.0 Å². The Balaban J connectivity index is 2.09. The van der Waals surface area contributed by atoms with Crippen molar-refractivity contribution < 1.29 is 0 Å². The zero-order valence-electron chi connectivity index (χ0n) is 8.81. The molecular formula is C12H12ClN3. The summed E-state index contributed by atoms with van der Waals surface area (Å²) in [7, 11) is 0. The maximum absolute atomic E-state index is 6.13. The highest BCUT2D eigenvalue weighted by molar-refractivity contribution is 6.21. The first-order valence-electron chi connectivity index (χ1n) is 5.44. The zero-order valence-corrected chi connectivity index (χ0v) is 9.56. The molecule has 2 heterocycles. The van der Waals surface area contributed by atoms with Crippen LogP contribution < -0.4 is 4.90 Å². The monoisotopic (exact) mass is 233 g/mol. The van der Waals surface area contributed by atoms with Gasteiger partial charge in [-0.05, 0) is 12.5 Å². The lowest BCUT2D eigenvalue weighted by atomic mass is 10.2. The number of nitrogens with zero attached hydrogens (tertiary/aromatic N) is 3. The molecule has 0 radical (unpaired) electrons. The van der Waals surface area contributed by atoms with Gasteiger partial charge in [-0.1, -0.05) is 18.2 Å². The molecule has 82 valence electrons. The molecule has 0 spiro atoms. The second-order valence-corrected chi connectivity index (χ2v) is 4.70. The number of rotatable bonds is 1. The summed E-state index contributed by atoms with van der Waals surface area (Å²) in [6, 6.07) is 8.08. The Kier molecular flexibility index (Phi) is 2.40. The second kappa shape index (κ2) is 3.91. The highest BCUT2D eigenvalue weighted by atomic mass is 35.5. The van der Waals surface area contributed by atoms with E-state index in [1.54, 1.807) is 0 Å². The fraction of sp³-hybridized carbons (Fsp3) is 0.333. The van der Waals surface area contributed by atoms with Gasteiger partial charge in [-0.25, -0.2) is 0 Å². The first-order chi connectivity index (χ1) is 7.84. The van der Waals surface area contributed by atoms with E-state index in [4.69, 9.17) is 11.6 Å². The fourth-order valence-electron chi connectivity index (χ4n) is 2.18. The molecule has 1 saturated heterocycles. The molecule has 1 fully saturated rings. The van der Waals surface area contributed by atoms with E-state index in [0.29, 0.717) is 0 Å². The third-order valence-corrected chi connectivity index (χ3v) is 3.35. The van der Waals surface area contributed by atoms with Crippen molar-refractivity contribution in [3.8, 4) is 0 Å². The van der Waals surface area contributed by atoms with Crippen molar-refractivity contribution in [2.75, 3.05) is 18.0 Å². The van der Waals surface area contributed by atoms with Gasteiger partial charge in [0.05, 0.1) is 22.8 Å². The molecule has 2 aromatic rings. The van der Waals surface area contributed by atoms with E-state index in [1.807, 2.05) is 24.4 Å². The summed E-state index contributed by atoms with van der Waals surface area (Å²) in [4.78, 5) is 2.29. The number of benzene rings is 1. The van der Waals surface area contributed by atoms with Crippen molar-refractivity contribution in [3.05, 3.63) is 30.5 Å². The molecule has 0 aliphatic carbocycles. The molecule has 1 aliphatic heterocycles. The molecule has 1 atom stereocenters. The highest BCUT2D eigenvalue weighted by Crippen LogP contribution is 2.28. The second-order valence-electron chi connectivity index (χ2n) is 4.08. The van der Waals surface area contributed by atoms with Crippen LogP contribution in [0.15, 0.2) is 30.5 Å². The molecule has 1 aromatic carbocycles. The number of aromatic nitrogens is 2. The minimum absolute atomic E-state index is 0.256. The minimum Gasteiger partial charge on any atom is -0.368 e. The lowest BCUT2D eigenvalue weighted by Crippen LogP contribution is -2.20. The van der Waals surface area contributed by atoms with Gasteiger partial charge in [0.25, 0.3) is 0 Å². The van der Waals surface area contributed by atoms with E-state index in [-0.39, 0.29) is 5.38 Å². The van der Waals surface area contributed by atoms with Gasteiger partial charge in [-0.15, -0.1) is 11.6 Å². The standard InChI is InChI=1S/C12H12ClN3/c13-9-5-6-16(8-9)12-7-14-15-11-4-2-1-3-10(11)12/h1-4,7,9H,5-6,8H2. The molecule has 1 unspecified atom stereocenters. The summed E-state index contributed by atoms with van der Waals surface area (Å²) in [5.74, 6) is 0. The van der Waals surface area contributed by atoms with Gasteiger partial charge in [0.15, 0.2) is 0 Å². The van der Waals surface area contributed by atoms with Crippen LogP contribution in [0.4, 0.5) is 5.69 Å². The molecular weight excluding hydrogens is 222 g/mol. The summed E-state index contributed by atoms with van der Waals surface area (Å²) in [5, 5.41) is 9.58. The highest BCUT2D eigenvalue weighted by Gasteiger charge is 2.22. The first kappa shape index (κ1) is 9.85. The van der Waals surface area contributed by atoms with Crippen molar-refractivity contribution in [2.24, 2.45) is 0 Å². The zero-order chi connectivity index (χ0) is 11.0. The summed E-state index contributed by atoms with van der Waals surface area (Å²) >= 11 is 6.13. The van der Waals surface area contributed by atoms with E-state index < -0.39 is 0 Å². The average Bonchev–Trinajstić information content (AvgIpc) is 2.75. The van der Waals surface area contributed by atoms with Gasteiger partial charge >= 0.3 is 0 Å². The van der Waals surface area contributed by atoms with Crippen LogP contribution in [0.25, 0.3) is 10.9 Å². The Morgan fingerprint density at radius 2 is 2.19 bits per heavy atom. The molecule has 1 aromatic heterocycles. The van der Waals surface area contributed by atoms with Gasteiger partial charge < -0.3 is 4.90 Å². The van der Waals surface area contributed by atoms with Gasteiger partial charge in [-0.2, -0.15) is 10.2 Å². The third-order valence-electron chi connectivity index (χ3n) is 3.00. The van der Waals surface area contributed by atoms with E-state index >= 15 is 0 Å². The van der Waals surface area contributed by atoms with Crippen LogP contribution >= 0.6 is 11.6 Å². The number of hydrogen-bond acceptors (Lipinski definition) is 3. The van der Waals surface area contributed by atoms with Crippen molar-refractivity contribution in [3.63, 3.8) is 0 Å². The summed E-state index contributed by atoms with van der Waals surface area (Å²) in [5.41, 5.74) is 2.09. The van der Waals surface area contributed by atoms with Crippen molar-refractivity contribution in [2.45, 2.75) is 11.8 Å². The van der Waals surface area contributed by atoms with Gasteiger partial charge in [0, 0.05) is 18.5 Å². The average molecular weight is 234 g/mol. The summed E-state index contributed by atoms with van der Waals surface area (Å²) in [6.45, 7) is 1.90. The van der Waals surface area contributed by atoms with Crippen molar-refractivity contribution in [1.29, 1.82) is 0 Å². The van der Waals surface area contributed by atoms with E-state index in [9.17, 15) is 0 Å². The lowest BCUT2D eigenvalue weighted by Gasteiger charge is -2.18. The molecule has 1 aliphatic rings. The largest absolute Gasteiger partial charge is 0.368 e. The molecule has 0 amide bonds. The van der Waals surface area contributed by atoms with Crippen LogP contribution in [0.1, 0.15) is 6.42 Å². The smallest absolute Gasteiger partial charge is 0.0950 e. The Morgan fingerprint density at radius 3 is 3.00 bits per heavy atom.